The Morgan fingerprint density at radius 2 is 1.52 bits per heavy atom. The zero-order chi connectivity index (χ0) is 20.2. The molecule has 0 heterocycles. The van der Waals surface area contributed by atoms with Gasteiger partial charge >= 0.3 is 0 Å². The second kappa shape index (κ2) is 13.6. The summed E-state index contributed by atoms with van der Waals surface area (Å²) >= 11 is 0. The van der Waals surface area contributed by atoms with Crippen LogP contribution >= 0.6 is 24.0 Å². The summed E-state index contributed by atoms with van der Waals surface area (Å²) in [7, 11) is -1.26. The number of guanidine groups is 1. The van der Waals surface area contributed by atoms with Crippen molar-refractivity contribution >= 4 is 39.8 Å². The number of benzene rings is 2. The summed E-state index contributed by atoms with van der Waals surface area (Å²) in [5.74, 6) is 0.922. The van der Waals surface area contributed by atoms with Gasteiger partial charge < -0.3 is 15.4 Å². The van der Waals surface area contributed by atoms with Gasteiger partial charge in [0.25, 0.3) is 0 Å². The fourth-order valence-electron chi connectivity index (χ4n) is 2.77. The van der Waals surface area contributed by atoms with Crippen molar-refractivity contribution in [3.63, 3.8) is 0 Å². The monoisotopic (exact) mass is 531 g/mol. The van der Waals surface area contributed by atoms with E-state index in [0.29, 0.717) is 25.7 Å². The molecule has 160 valence electrons. The maximum Gasteiger partial charge on any atom is 0.191 e. The molecule has 0 saturated heterocycles. The zero-order valence-corrected chi connectivity index (χ0v) is 20.0. The normalized spacial score (nSPS) is 11.8. The summed E-state index contributed by atoms with van der Waals surface area (Å²) in [6.45, 7) is 1.86. The number of nitrogens with one attached hydrogen (secondary N) is 2. The highest BCUT2D eigenvalue weighted by molar-refractivity contribution is 14.0. The SMILES string of the molecule is CN=C(NCCOCCS(C)(=O)=O)NCC(c1ccccc1)c1ccccc1.I. The third-order valence-electron chi connectivity index (χ3n) is 4.24. The predicted octanol–water partition coefficient (Wildman–Crippen LogP) is 2.66. The van der Waals surface area contributed by atoms with Crippen LogP contribution in [0.2, 0.25) is 0 Å². The lowest BCUT2D eigenvalue weighted by molar-refractivity contribution is 0.154. The van der Waals surface area contributed by atoms with Crippen LogP contribution in [0, 0.1) is 0 Å². The summed E-state index contributed by atoms with van der Waals surface area (Å²) in [6.07, 6.45) is 1.20. The van der Waals surface area contributed by atoms with Crippen molar-refractivity contribution in [2.24, 2.45) is 4.99 Å². The first-order valence-electron chi connectivity index (χ1n) is 9.29. The molecule has 0 saturated carbocycles. The molecule has 0 amide bonds. The maximum atomic E-state index is 11.1. The highest BCUT2D eigenvalue weighted by atomic mass is 127. The average Bonchev–Trinajstić information content (AvgIpc) is 2.70. The number of aliphatic imine (C=N–C) groups is 1. The van der Waals surface area contributed by atoms with E-state index >= 15 is 0 Å². The molecule has 0 aliphatic rings. The van der Waals surface area contributed by atoms with E-state index in [0.717, 1.165) is 0 Å². The van der Waals surface area contributed by atoms with Crippen molar-refractivity contribution in [3.05, 3.63) is 71.8 Å². The molecule has 29 heavy (non-hydrogen) atoms. The lowest BCUT2D eigenvalue weighted by Crippen LogP contribution is -2.41. The molecule has 8 heteroatoms. The Morgan fingerprint density at radius 3 is 2.00 bits per heavy atom. The van der Waals surface area contributed by atoms with Crippen LogP contribution in [0.5, 0.6) is 0 Å². The summed E-state index contributed by atoms with van der Waals surface area (Å²) in [5.41, 5.74) is 2.47. The van der Waals surface area contributed by atoms with Gasteiger partial charge in [-0.25, -0.2) is 8.42 Å². The molecule has 0 fully saturated rings. The van der Waals surface area contributed by atoms with Crippen molar-refractivity contribution in [1.82, 2.24) is 10.6 Å². The van der Waals surface area contributed by atoms with Gasteiger partial charge in [-0.2, -0.15) is 0 Å². The van der Waals surface area contributed by atoms with Gasteiger partial charge in [0.1, 0.15) is 9.84 Å². The van der Waals surface area contributed by atoms with Gasteiger partial charge in [-0.3, -0.25) is 4.99 Å². The van der Waals surface area contributed by atoms with Crippen molar-refractivity contribution < 1.29 is 13.2 Å². The third-order valence-corrected chi connectivity index (χ3v) is 5.15. The molecule has 0 atom stereocenters. The summed E-state index contributed by atoms with van der Waals surface area (Å²) < 4.78 is 27.5. The third kappa shape index (κ3) is 10.1. The molecule has 0 aliphatic heterocycles. The van der Waals surface area contributed by atoms with E-state index < -0.39 is 9.84 Å². The lowest BCUT2D eigenvalue weighted by atomic mass is 9.91. The van der Waals surface area contributed by atoms with Crippen LogP contribution in [0.3, 0.4) is 0 Å². The Kier molecular flexibility index (Phi) is 11.9. The Morgan fingerprint density at radius 1 is 0.966 bits per heavy atom. The molecule has 0 spiro atoms. The van der Waals surface area contributed by atoms with Crippen LogP contribution in [-0.4, -0.2) is 59.7 Å². The van der Waals surface area contributed by atoms with E-state index in [-0.39, 0.29) is 42.3 Å². The zero-order valence-electron chi connectivity index (χ0n) is 16.9. The number of halogens is 1. The molecule has 6 nitrogen and oxygen atoms in total. The smallest absolute Gasteiger partial charge is 0.191 e. The van der Waals surface area contributed by atoms with E-state index in [1.165, 1.54) is 17.4 Å². The number of ether oxygens (including phenoxy) is 1. The van der Waals surface area contributed by atoms with E-state index in [1.807, 2.05) is 36.4 Å². The largest absolute Gasteiger partial charge is 0.379 e. The topological polar surface area (TPSA) is 79.8 Å². The predicted molar refractivity (Wildman–Crippen MR) is 130 cm³/mol. The number of hydrogen-bond donors (Lipinski definition) is 2. The standard InChI is InChI=1S/C21H29N3O3S.HI/c1-22-21(23-13-14-27-15-16-28(2,25)26)24-17-20(18-9-5-3-6-10-18)19-11-7-4-8-12-19;/h3-12,20H,13-17H2,1-2H3,(H2,22,23,24);1H. The van der Waals surface area contributed by atoms with Gasteiger partial charge in [-0.1, -0.05) is 60.7 Å². The van der Waals surface area contributed by atoms with E-state index in [1.54, 1.807) is 7.05 Å². The average molecular weight is 531 g/mol. The highest BCUT2D eigenvalue weighted by Gasteiger charge is 2.14. The Hall–Kier alpha value is -1.65. The molecular formula is C21H30IN3O3S. The van der Waals surface area contributed by atoms with Gasteiger partial charge in [-0.15, -0.1) is 24.0 Å². The number of nitrogens with zero attached hydrogens (tertiary/aromatic N) is 1. The Labute approximate surface area is 191 Å². The second-order valence-electron chi connectivity index (χ2n) is 6.50. The van der Waals surface area contributed by atoms with Crippen LogP contribution in [0.1, 0.15) is 17.0 Å². The van der Waals surface area contributed by atoms with Gasteiger partial charge in [0, 0.05) is 32.3 Å². The second-order valence-corrected chi connectivity index (χ2v) is 8.76. The van der Waals surface area contributed by atoms with Gasteiger partial charge in [-0.05, 0) is 11.1 Å². The molecule has 0 radical (unpaired) electrons. The molecule has 0 unspecified atom stereocenters. The maximum absolute atomic E-state index is 11.1. The van der Waals surface area contributed by atoms with Gasteiger partial charge in [0.2, 0.25) is 0 Å². The van der Waals surface area contributed by atoms with Crippen LogP contribution in [-0.2, 0) is 14.6 Å². The fraction of sp³-hybridized carbons (Fsp3) is 0.381. The Balaban J connectivity index is 0.00000420. The van der Waals surface area contributed by atoms with Crippen LogP contribution < -0.4 is 10.6 Å². The summed E-state index contributed by atoms with van der Waals surface area (Å²) in [6, 6.07) is 20.7. The minimum absolute atomic E-state index is 0. The molecule has 2 aromatic carbocycles. The molecule has 2 rings (SSSR count). The van der Waals surface area contributed by atoms with E-state index in [4.69, 9.17) is 4.74 Å². The van der Waals surface area contributed by atoms with Crippen LogP contribution in [0.15, 0.2) is 65.7 Å². The minimum Gasteiger partial charge on any atom is -0.379 e. The van der Waals surface area contributed by atoms with Crippen molar-refractivity contribution in [2.45, 2.75) is 5.92 Å². The first-order valence-corrected chi connectivity index (χ1v) is 11.4. The van der Waals surface area contributed by atoms with Crippen molar-refractivity contribution in [3.8, 4) is 0 Å². The first-order chi connectivity index (χ1) is 13.5. The van der Waals surface area contributed by atoms with Crippen molar-refractivity contribution in [1.29, 1.82) is 0 Å². The number of sulfone groups is 1. The van der Waals surface area contributed by atoms with Gasteiger partial charge in [0.15, 0.2) is 5.96 Å². The van der Waals surface area contributed by atoms with E-state index in [2.05, 4.69) is 39.9 Å². The molecule has 0 aliphatic carbocycles. The minimum atomic E-state index is -2.98. The number of rotatable bonds is 10. The molecule has 0 aromatic heterocycles. The quantitative estimate of drug-likeness (QED) is 0.213. The Bertz CT molecular complexity index is 791. The number of hydrogen-bond acceptors (Lipinski definition) is 4. The summed E-state index contributed by atoms with van der Waals surface area (Å²) in [4.78, 5) is 4.25. The molecular weight excluding hydrogens is 501 g/mol. The summed E-state index contributed by atoms with van der Waals surface area (Å²) in [5, 5.41) is 6.56. The van der Waals surface area contributed by atoms with E-state index in [9.17, 15) is 8.42 Å². The molecule has 0 bridgehead atoms. The van der Waals surface area contributed by atoms with Crippen LogP contribution in [0.25, 0.3) is 0 Å². The van der Waals surface area contributed by atoms with Crippen molar-refractivity contribution in [2.75, 3.05) is 45.4 Å². The highest BCUT2D eigenvalue weighted by Crippen LogP contribution is 2.23. The van der Waals surface area contributed by atoms with Gasteiger partial charge in [0.05, 0.1) is 19.0 Å². The molecule has 2 N–H and O–H groups in total. The first kappa shape index (κ1) is 25.4. The molecule has 2 aromatic rings. The van der Waals surface area contributed by atoms with Crippen LogP contribution in [0.4, 0.5) is 0 Å². The fourth-order valence-corrected chi connectivity index (χ4v) is 3.19. The lowest BCUT2D eigenvalue weighted by Gasteiger charge is -2.20.